The van der Waals surface area contributed by atoms with Gasteiger partial charge in [-0.15, -0.1) is 0 Å². The molecule has 1 aliphatic heterocycles. The van der Waals surface area contributed by atoms with Gasteiger partial charge in [-0.2, -0.15) is 0 Å². The first kappa shape index (κ1) is 15.7. The minimum absolute atomic E-state index is 0.155. The Labute approximate surface area is 119 Å². The van der Waals surface area contributed by atoms with Crippen molar-refractivity contribution in [3.05, 3.63) is 0 Å². The number of ether oxygens (including phenoxy) is 1. The molecule has 1 rings (SSSR count). The summed E-state index contributed by atoms with van der Waals surface area (Å²) in [5.74, 6) is 0.698. The van der Waals surface area contributed by atoms with Crippen molar-refractivity contribution in [2.45, 2.75) is 44.7 Å². The van der Waals surface area contributed by atoms with E-state index in [4.69, 9.17) is 12.2 Å². The summed E-state index contributed by atoms with van der Waals surface area (Å²) in [7, 11) is 1.41. The Balaban J connectivity index is 2.07. The van der Waals surface area contributed by atoms with E-state index in [9.17, 15) is 4.79 Å². The number of methoxy groups -OCH3 is 1. The molecule has 0 amide bonds. The molecule has 0 aromatic rings. The molecule has 2 atom stereocenters. The molecule has 1 aliphatic rings. The van der Waals surface area contributed by atoms with Crippen LogP contribution in [0.3, 0.4) is 0 Å². The zero-order valence-corrected chi connectivity index (χ0v) is 12.7. The highest BCUT2D eigenvalue weighted by Crippen LogP contribution is 2.12. The van der Waals surface area contributed by atoms with Crippen LogP contribution in [-0.2, 0) is 9.53 Å². The summed E-state index contributed by atoms with van der Waals surface area (Å²) in [5, 5.41) is 6.80. The molecule has 2 unspecified atom stereocenters. The Kier molecular flexibility index (Phi) is 7.62. The summed E-state index contributed by atoms with van der Waals surface area (Å²) in [4.78, 5) is 10.9. The van der Waals surface area contributed by atoms with E-state index in [1.807, 2.05) is 0 Å². The lowest BCUT2D eigenvalue weighted by molar-refractivity contribution is -0.140. The first-order chi connectivity index (χ1) is 8.63. The van der Waals surface area contributed by atoms with Crippen LogP contribution in [0.2, 0.25) is 0 Å². The third-order valence-corrected chi connectivity index (χ3v) is 4.38. The van der Waals surface area contributed by atoms with Crippen LogP contribution in [0.4, 0.5) is 0 Å². The second kappa shape index (κ2) is 8.72. The minimum atomic E-state index is -0.155. The van der Waals surface area contributed by atoms with Crippen LogP contribution in [0.15, 0.2) is 0 Å². The summed E-state index contributed by atoms with van der Waals surface area (Å²) in [6.07, 6.45) is 3.72. The molecule has 6 heteroatoms. The lowest BCUT2D eigenvalue weighted by Gasteiger charge is -2.21. The van der Waals surface area contributed by atoms with Crippen molar-refractivity contribution in [2.75, 3.05) is 19.4 Å². The van der Waals surface area contributed by atoms with E-state index in [1.165, 1.54) is 20.0 Å². The fraction of sp³-hybridized carbons (Fsp3) is 0.833. The molecule has 1 fully saturated rings. The van der Waals surface area contributed by atoms with Gasteiger partial charge < -0.3 is 15.4 Å². The number of carbonyl (C=O) groups is 1. The molecule has 0 bridgehead atoms. The fourth-order valence-electron chi connectivity index (χ4n) is 1.95. The van der Waals surface area contributed by atoms with Crippen LogP contribution in [0, 0.1) is 0 Å². The van der Waals surface area contributed by atoms with Crippen molar-refractivity contribution in [1.29, 1.82) is 0 Å². The van der Waals surface area contributed by atoms with Gasteiger partial charge in [-0.25, -0.2) is 0 Å². The van der Waals surface area contributed by atoms with Gasteiger partial charge in [0.25, 0.3) is 0 Å². The van der Waals surface area contributed by atoms with E-state index in [1.54, 1.807) is 11.8 Å². The van der Waals surface area contributed by atoms with Crippen LogP contribution >= 0.6 is 24.0 Å². The molecule has 0 spiro atoms. The van der Waals surface area contributed by atoms with Crippen LogP contribution in [-0.4, -0.2) is 41.8 Å². The summed E-state index contributed by atoms with van der Waals surface area (Å²) >= 11 is 6.88. The molecule has 104 valence electrons. The smallest absolute Gasteiger partial charge is 0.305 e. The van der Waals surface area contributed by atoms with Crippen LogP contribution in [0.1, 0.15) is 32.6 Å². The number of esters is 1. The third kappa shape index (κ3) is 6.02. The molecule has 0 aromatic heterocycles. The van der Waals surface area contributed by atoms with Gasteiger partial charge in [0, 0.05) is 24.3 Å². The Bertz CT molecular complexity index is 281. The van der Waals surface area contributed by atoms with Gasteiger partial charge in [0.1, 0.15) is 4.32 Å². The first-order valence-electron chi connectivity index (χ1n) is 6.37. The average molecular weight is 290 g/mol. The highest BCUT2D eigenvalue weighted by Gasteiger charge is 2.21. The summed E-state index contributed by atoms with van der Waals surface area (Å²) < 4.78 is 5.40. The normalized spacial score (nSPS) is 20.4. The second-order valence-corrected chi connectivity index (χ2v) is 6.22. The Morgan fingerprint density at radius 3 is 3.06 bits per heavy atom. The van der Waals surface area contributed by atoms with Gasteiger partial charge in [0.15, 0.2) is 0 Å². The molecule has 18 heavy (non-hydrogen) atoms. The number of carbonyl (C=O) groups excluding carboxylic acids is 1. The van der Waals surface area contributed by atoms with Crippen LogP contribution < -0.4 is 10.6 Å². The van der Waals surface area contributed by atoms with E-state index in [-0.39, 0.29) is 5.97 Å². The number of hydrogen-bond donors (Lipinski definition) is 2. The zero-order chi connectivity index (χ0) is 13.4. The van der Waals surface area contributed by atoms with Crippen molar-refractivity contribution < 1.29 is 9.53 Å². The third-order valence-electron chi connectivity index (χ3n) is 3.03. The quantitative estimate of drug-likeness (QED) is 0.441. The second-order valence-electron chi connectivity index (χ2n) is 4.45. The van der Waals surface area contributed by atoms with Crippen LogP contribution in [0.25, 0.3) is 0 Å². The largest absolute Gasteiger partial charge is 0.469 e. The van der Waals surface area contributed by atoms with Gasteiger partial charge in [-0.3, -0.25) is 4.79 Å². The fourth-order valence-corrected chi connectivity index (χ4v) is 3.13. The van der Waals surface area contributed by atoms with Gasteiger partial charge in [0.05, 0.1) is 7.11 Å². The zero-order valence-electron chi connectivity index (χ0n) is 11.0. The molecule has 0 aromatic carbocycles. The summed E-state index contributed by atoms with van der Waals surface area (Å²) in [6.45, 7) is 3.26. The number of thiocarbonyl (C=S) groups is 1. The Hall–Kier alpha value is -0.330. The van der Waals surface area contributed by atoms with Gasteiger partial charge in [-0.05, 0) is 32.7 Å². The number of hydrogen-bond acceptors (Lipinski definition) is 5. The maximum absolute atomic E-state index is 10.9. The minimum Gasteiger partial charge on any atom is -0.469 e. The van der Waals surface area contributed by atoms with Gasteiger partial charge in [-0.1, -0.05) is 24.0 Å². The molecular weight excluding hydrogens is 268 g/mol. The standard InChI is InChI=1S/C12H22N2O2S2/c1-9(10-5-3-7-13-10)14-12(17)18-8-4-6-11(15)16-2/h9-10,13H,3-8H2,1-2H3,(H,14,17). The molecule has 0 aliphatic carbocycles. The lowest BCUT2D eigenvalue weighted by Crippen LogP contribution is -2.44. The van der Waals surface area contributed by atoms with E-state index in [2.05, 4.69) is 22.3 Å². The molecule has 0 radical (unpaired) electrons. The van der Waals surface area contributed by atoms with E-state index < -0.39 is 0 Å². The van der Waals surface area contributed by atoms with Crippen molar-refractivity contribution >= 4 is 34.3 Å². The molecule has 0 saturated carbocycles. The molecule has 1 saturated heterocycles. The summed E-state index contributed by atoms with van der Waals surface area (Å²) in [5.41, 5.74) is 0. The SMILES string of the molecule is COC(=O)CCCSC(=S)NC(C)C1CCCN1. The molecular formula is C12H22N2O2S2. The highest BCUT2D eigenvalue weighted by atomic mass is 32.2. The van der Waals surface area contributed by atoms with E-state index >= 15 is 0 Å². The average Bonchev–Trinajstić information content (AvgIpc) is 2.88. The van der Waals surface area contributed by atoms with Gasteiger partial charge in [0.2, 0.25) is 0 Å². The van der Waals surface area contributed by atoms with E-state index in [0.29, 0.717) is 18.5 Å². The predicted octanol–water partition coefficient (Wildman–Crippen LogP) is 1.69. The number of thioether (sulfide) groups is 1. The summed E-state index contributed by atoms with van der Waals surface area (Å²) in [6, 6.07) is 0.895. The lowest BCUT2D eigenvalue weighted by atomic mass is 10.1. The Morgan fingerprint density at radius 1 is 1.67 bits per heavy atom. The maximum atomic E-state index is 10.9. The predicted molar refractivity (Wildman–Crippen MR) is 79.9 cm³/mol. The Morgan fingerprint density at radius 2 is 2.44 bits per heavy atom. The van der Waals surface area contributed by atoms with Crippen molar-refractivity contribution in [3.8, 4) is 0 Å². The number of rotatable bonds is 6. The molecule has 2 N–H and O–H groups in total. The monoisotopic (exact) mass is 290 g/mol. The highest BCUT2D eigenvalue weighted by molar-refractivity contribution is 8.22. The molecule has 1 heterocycles. The first-order valence-corrected chi connectivity index (χ1v) is 7.76. The van der Waals surface area contributed by atoms with Crippen molar-refractivity contribution in [3.63, 3.8) is 0 Å². The van der Waals surface area contributed by atoms with Crippen molar-refractivity contribution in [1.82, 2.24) is 10.6 Å². The molecule has 4 nitrogen and oxygen atoms in total. The maximum Gasteiger partial charge on any atom is 0.305 e. The van der Waals surface area contributed by atoms with Gasteiger partial charge >= 0.3 is 5.97 Å². The number of nitrogens with one attached hydrogen (secondary N) is 2. The van der Waals surface area contributed by atoms with Crippen LogP contribution in [0.5, 0.6) is 0 Å². The van der Waals surface area contributed by atoms with Crippen molar-refractivity contribution in [2.24, 2.45) is 0 Å². The van der Waals surface area contributed by atoms with E-state index in [0.717, 1.165) is 23.0 Å². The topological polar surface area (TPSA) is 50.4 Å².